The average Bonchev–Trinajstić information content (AvgIpc) is 2.39. The third kappa shape index (κ3) is 3.81. The van der Waals surface area contributed by atoms with E-state index >= 15 is 0 Å². The summed E-state index contributed by atoms with van der Waals surface area (Å²) in [6.07, 6.45) is -0.340. The predicted octanol–water partition coefficient (Wildman–Crippen LogP) is 4.82. The minimum Gasteiger partial charge on any atom is -0.483 e. The van der Waals surface area contributed by atoms with Crippen molar-refractivity contribution in [2.75, 3.05) is 0 Å². The van der Waals surface area contributed by atoms with Crippen LogP contribution in [0.2, 0.25) is 0 Å². The van der Waals surface area contributed by atoms with Crippen molar-refractivity contribution < 1.29 is 9.13 Å². The summed E-state index contributed by atoms with van der Waals surface area (Å²) >= 11 is 6.85. The standard InChI is InChI=1S/C15H14Br2FNO/c1-9(19)15(10-2-5-12(18)6-3-10)20-14-7-4-11(16)8-13(14)17/h2-9,15H,19H2,1H3. The van der Waals surface area contributed by atoms with E-state index in [2.05, 4.69) is 31.9 Å². The average molecular weight is 403 g/mol. The second-order valence-corrected chi connectivity index (χ2v) is 6.29. The van der Waals surface area contributed by atoms with Crippen molar-refractivity contribution >= 4 is 31.9 Å². The summed E-state index contributed by atoms with van der Waals surface area (Å²) in [5.41, 5.74) is 6.83. The summed E-state index contributed by atoms with van der Waals surface area (Å²) in [7, 11) is 0. The molecule has 0 saturated heterocycles. The van der Waals surface area contributed by atoms with Crippen molar-refractivity contribution in [2.24, 2.45) is 5.73 Å². The van der Waals surface area contributed by atoms with Crippen molar-refractivity contribution in [3.63, 3.8) is 0 Å². The highest BCUT2D eigenvalue weighted by Gasteiger charge is 2.19. The van der Waals surface area contributed by atoms with Gasteiger partial charge >= 0.3 is 0 Å². The molecule has 0 bridgehead atoms. The van der Waals surface area contributed by atoms with Gasteiger partial charge in [0, 0.05) is 10.5 Å². The molecule has 5 heteroatoms. The smallest absolute Gasteiger partial charge is 0.139 e. The van der Waals surface area contributed by atoms with Crippen LogP contribution < -0.4 is 10.5 Å². The van der Waals surface area contributed by atoms with Crippen LogP contribution in [0.4, 0.5) is 4.39 Å². The molecule has 20 heavy (non-hydrogen) atoms. The maximum absolute atomic E-state index is 13.0. The van der Waals surface area contributed by atoms with E-state index in [9.17, 15) is 4.39 Å². The normalized spacial score (nSPS) is 13.8. The van der Waals surface area contributed by atoms with Crippen LogP contribution in [0.3, 0.4) is 0 Å². The van der Waals surface area contributed by atoms with E-state index in [1.54, 1.807) is 12.1 Å². The maximum atomic E-state index is 13.0. The van der Waals surface area contributed by atoms with Crippen molar-refractivity contribution in [1.82, 2.24) is 0 Å². The lowest BCUT2D eigenvalue weighted by molar-refractivity contribution is 0.179. The minimum absolute atomic E-state index is 0.226. The summed E-state index contributed by atoms with van der Waals surface area (Å²) in [5, 5.41) is 0. The molecule has 0 fully saturated rings. The quantitative estimate of drug-likeness (QED) is 0.795. The number of ether oxygens (including phenoxy) is 1. The first-order chi connectivity index (χ1) is 9.47. The molecule has 0 radical (unpaired) electrons. The zero-order valence-corrected chi connectivity index (χ0v) is 14.0. The molecule has 0 aromatic heterocycles. The molecule has 2 unspecified atom stereocenters. The van der Waals surface area contributed by atoms with Gasteiger partial charge in [0.05, 0.1) is 4.47 Å². The Balaban J connectivity index is 2.28. The molecule has 0 saturated carbocycles. The zero-order chi connectivity index (χ0) is 14.7. The second kappa shape index (κ2) is 6.70. The van der Waals surface area contributed by atoms with Crippen LogP contribution in [0.15, 0.2) is 51.4 Å². The van der Waals surface area contributed by atoms with E-state index in [-0.39, 0.29) is 18.0 Å². The Kier molecular flexibility index (Phi) is 5.18. The highest BCUT2D eigenvalue weighted by atomic mass is 79.9. The molecule has 0 aliphatic heterocycles. The second-order valence-electron chi connectivity index (χ2n) is 4.52. The number of hydrogen-bond acceptors (Lipinski definition) is 2. The molecule has 0 aliphatic carbocycles. The predicted molar refractivity (Wildman–Crippen MR) is 85.3 cm³/mol. The molecule has 2 nitrogen and oxygen atoms in total. The van der Waals surface area contributed by atoms with Gasteiger partial charge in [0.1, 0.15) is 17.7 Å². The van der Waals surface area contributed by atoms with E-state index in [4.69, 9.17) is 10.5 Å². The SMILES string of the molecule is CC(N)C(Oc1ccc(Br)cc1Br)c1ccc(F)cc1. The van der Waals surface area contributed by atoms with Gasteiger partial charge in [0.15, 0.2) is 0 Å². The molecule has 2 aromatic rings. The van der Waals surface area contributed by atoms with Crippen LogP contribution >= 0.6 is 31.9 Å². The number of hydrogen-bond donors (Lipinski definition) is 1. The third-order valence-electron chi connectivity index (χ3n) is 2.82. The van der Waals surface area contributed by atoms with E-state index < -0.39 is 0 Å². The third-order valence-corrected chi connectivity index (χ3v) is 3.94. The Morgan fingerprint density at radius 3 is 2.30 bits per heavy atom. The Morgan fingerprint density at radius 2 is 1.75 bits per heavy atom. The van der Waals surface area contributed by atoms with Crippen molar-refractivity contribution in [3.8, 4) is 5.75 Å². The lowest BCUT2D eigenvalue weighted by Gasteiger charge is -2.23. The molecule has 2 rings (SSSR count). The van der Waals surface area contributed by atoms with Gasteiger partial charge in [-0.3, -0.25) is 0 Å². The van der Waals surface area contributed by atoms with Crippen molar-refractivity contribution in [2.45, 2.75) is 19.1 Å². The van der Waals surface area contributed by atoms with Crippen LogP contribution in [0, 0.1) is 5.82 Å². The van der Waals surface area contributed by atoms with Gasteiger partial charge < -0.3 is 10.5 Å². The monoisotopic (exact) mass is 401 g/mol. The van der Waals surface area contributed by atoms with Crippen LogP contribution in [0.1, 0.15) is 18.6 Å². The topological polar surface area (TPSA) is 35.2 Å². The van der Waals surface area contributed by atoms with Crippen LogP contribution in [0.5, 0.6) is 5.75 Å². The van der Waals surface area contributed by atoms with Gasteiger partial charge in [-0.15, -0.1) is 0 Å². The number of nitrogens with two attached hydrogens (primary N) is 1. The van der Waals surface area contributed by atoms with Gasteiger partial charge in [-0.2, -0.15) is 0 Å². The molecule has 2 atom stereocenters. The van der Waals surface area contributed by atoms with E-state index in [0.717, 1.165) is 14.5 Å². The molecule has 0 heterocycles. The summed E-state index contributed by atoms with van der Waals surface area (Å²) in [4.78, 5) is 0. The van der Waals surface area contributed by atoms with Crippen LogP contribution in [0.25, 0.3) is 0 Å². The molecule has 106 valence electrons. The minimum atomic E-state index is -0.340. The first kappa shape index (κ1) is 15.5. The summed E-state index contributed by atoms with van der Waals surface area (Å²) in [5.74, 6) is 0.418. The molecule has 0 amide bonds. The van der Waals surface area contributed by atoms with E-state index in [1.807, 2.05) is 25.1 Å². The summed E-state index contributed by atoms with van der Waals surface area (Å²) in [6, 6.07) is 11.6. The van der Waals surface area contributed by atoms with Gasteiger partial charge in [0.25, 0.3) is 0 Å². The summed E-state index contributed by atoms with van der Waals surface area (Å²) in [6.45, 7) is 1.86. The molecule has 0 spiro atoms. The van der Waals surface area contributed by atoms with E-state index in [0.29, 0.717) is 5.75 Å². The lowest BCUT2D eigenvalue weighted by Crippen LogP contribution is -2.29. The number of rotatable bonds is 4. The Hall–Kier alpha value is -0.910. The lowest BCUT2D eigenvalue weighted by atomic mass is 10.0. The highest BCUT2D eigenvalue weighted by Crippen LogP contribution is 2.32. The molecular formula is C15H14Br2FNO. The van der Waals surface area contributed by atoms with Gasteiger partial charge in [-0.25, -0.2) is 4.39 Å². The number of benzene rings is 2. The highest BCUT2D eigenvalue weighted by molar-refractivity contribution is 9.11. The molecular weight excluding hydrogens is 389 g/mol. The molecule has 2 aromatic carbocycles. The fourth-order valence-corrected chi connectivity index (χ4v) is 2.98. The van der Waals surface area contributed by atoms with Gasteiger partial charge in [0.2, 0.25) is 0 Å². The maximum Gasteiger partial charge on any atom is 0.139 e. The molecule has 2 N–H and O–H groups in total. The van der Waals surface area contributed by atoms with Crippen LogP contribution in [-0.4, -0.2) is 6.04 Å². The Bertz CT molecular complexity index is 587. The molecule has 0 aliphatic rings. The summed E-state index contributed by atoms with van der Waals surface area (Å²) < 4.78 is 20.8. The fraction of sp³-hybridized carbons (Fsp3) is 0.200. The number of halogens is 3. The Labute approximate surface area is 134 Å². The Morgan fingerprint density at radius 1 is 1.10 bits per heavy atom. The first-order valence-electron chi connectivity index (χ1n) is 6.10. The van der Waals surface area contributed by atoms with Crippen LogP contribution in [-0.2, 0) is 0 Å². The zero-order valence-electron chi connectivity index (χ0n) is 10.8. The van der Waals surface area contributed by atoms with Crippen molar-refractivity contribution in [3.05, 3.63) is 62.8 Å². The van der Waals surface area contributed by atoms with E-state index in [1.165, 1.54) is 12.1 Å². The first-order valence-corrected chi connectivity index (χ1v) is 7.68. The van der Waals surface area contributed by atoms with Gasteiger partial charge in [-0.1, -0.05) is 28.1 Å². The van der Waals surface area contributed by atoms with Crippen molar-refractivity contribution in [1.29, 1.82) is 0 Å². The van der Waals surface area contributed by atoms with Gasteiger partial charge in [-0.05, 0) is 58.7 Å². The fourth-order valence-electron chi connectivity index (χ4n) is 1.84. The largest absolute Gasteiger partial charge is 0.483 e.